The van der Waals surface area contributed by atoms with Crippen molar-refractivity contribution in [3.63, 3.8) is 0 Å². The van der Waals surface area contributed by atoms with E-state index in [1.165, 1.54) is 4.90 Å². The van der Waals surface area contributed by atoms with E-state index in [4.69, 9.17) is 68.5 Å². The minimum atomic E-state index is -2.84. The standard InChI is InChI=1S/C20H21ClF2N4O4.C16H15Cl2N3O4/c1-19(2)30-14-12(8-28)29-18(15(14)31-19)27-5-3-10-13(26-6-4-20(22,23)9-26)11(7-24)16(21)25-17(10)27;1-16(2)24-11-9(6-22)23-15(12(11)25-16)21-4-3-7-10(17)8(5-19)13(18)20-14(7)21/h3,5,12,14-15,18,28H,4,6,8-9H2,1-2H3;3-4,9,11-12,15,22H,6H2,1-2H3/t12-,14-,15-,18-;9-,11-,12-,15-/m11/s1. The molecular formula is C36H36Cl3F2N7O8. The number of aromatic nitrogens is 4. The summed E-state index contributed by atoms with van der Waals surface area (Å²) in [6.45, 7) is 6.36. The van der Waals surface area contributed by atoms with Crippen LogP contribution in [-0.4, -0.2) is 110 Å². The van der Waals surface area contributed by atoms with Crippen molar-refractivity contribution >= 4 is 62.6 Å². The van der Waals surface area contributed by atoms with Gasteiger partial charge in [0.2, 0.25) is 0 Å². The van der Waals surface area contributed by atoms with Crippen molar-refractivity contribution in [2.75, 3.05) is 31.2 Å². The molecule has 5 aliphatic heterocycles. The van der Waals surface area contributed by atoms with E-state index in [-0.39, 0.29) is 52.6 Å². The van der Waals surface area contributed by atoms with Crippen molar-refractivity contribution in [1.82, 2.24) is 19.1 Å². The monoisotopic (exact) mass is 837 g/mol. The van der Waals surface area contributed by atoms with Crippen LogP contribution in [0.15, 0.2) is 24.5 Å². The van der Waals surface area contributed by atoms with Crippen LogP contribution in [0, 0.1) is 22.7 Å². The van der Waals surface area contributed by atoms with Gasteiger partial charge in [-0.15, -0.1) is 0 Å². The molecule has 0 unspecified atom stereocenters. The van der Waals surface area contributed by atoms with Crippen LogP contribution in [0.2, 0.25) is 15.3 Å². The molecule has 15 nitrogen and oxygen atoms in total. The van der Waals surface area contributed by atoms with Gasteiger partial charge in [-0.3, -0.25) is 0 Å². The van der Waals surface area contributed by atoms with E-state index in [2.05, 4.69) is 9.97 Å². The molecule has 298 valence electrons. The quantitative estimate of drug-likeness (QED) is 0.243. The molecule has 5 fully saturated rings. The zero-order valence-electron chi connectivity index (χ0n) is 30.3. The number of ether oxygens (including phenoxy) is 6. The highest BCUT2D eigenvalue weighted by atomic mass is 35.5. The lowest BCUT2D eigenvalue weighted by Crippen LogP contribution is -2.31. The van der Waals surface area contributed by atoms with Crippen LogP contribution in [0.3, 0.4) is 0 Å². The van der Waals surface area contributed by atoms with Gasteiger partial charge < -0.3 is 52.7 Å². The Morgan fingerprint density at radius 1 is 0.768 bits per heavy atom. The molecule has 0 aliphatic carbocycles. The van der Waals surface area contributed by atoms with Gasteiger partial charge in [0.05, 0.1) is 30.5 Å². The predicted octanol–water partition coefficient (Wildman–Crippen LogP) is 5.44. The molecule has 2 N–H and O–H groups in total. The maximum absolute atomic E-state index is 13.9. The number of aliphatic hydroxyl groups is 2. The van der Waals surface area contributed by atoms with Crippen molar-refractivity contribution in [3.05, 3.63) is 51.0 Å². The molecule has 9 rings (SSSR count). The maximum Gasteiger partial charge on any atom is 0.266 e. The SMILES string of the molecule is CC1(C)O[C@@H]2[C@H](O1)[C@@H](CO)O[C@H]2n1ccc2c(Cl)c(C#N)c(Cl)nc21.CC1(C)O[C@@H]2[C@H](O1)[C@@H](CO)O[C@H]2n1ccc2c(N3CCC(F)(F)C3)c(C#N)c(Cl)nc21. The number of nitrogens with zero attached hydrogens (tertiary/aromatic N) is 7. The average Bonchev–Trinajstić information content (AvgIpc) is 3.99. The molecule has 0 spiro atoms. The second kappa shape index (κ2) is 14.1. The first-order valence-corrected chi connectivity index (χ1v) is 18.9. The summed E-state index contributed by atoms with van der Waals surface area (Å²) >= 11 is 18.7. The number of halogens is 5. The summed E-state index contributed by atoms with van der Waals surface area (Å²) in [6.07, 6.45) is -1.01. The average molecular weight is 839 g/mol. The molecule has 0 radical (unpaired) electrons. The van der Waals surface area contributed by atoms with Crippen LogP contribution in [0.25, 0.3) is 22.1 Å². The fraction of sp³-hybridized carbons (Fsp3) is 0.556. The summed E-state index contributed by atoms with van der Waals surface area (Å²) in [5, 5.41) is 39.5. The Kier molecular flexibility index (Phi) is 9.95. The van der Waals surface area contributed by atoms with Crippen molar-refractivity contribution in [3.8, 4) is 12.1 Å². The number of rotatable bonds is 5. The van der Waals surface area contributed by atoms with Gasteiger partial charge in [0.1, 0.15) is 71.2 Å². The Morgan fingerprint density at radius 3 is 1.70 bits per heavy atom. The minimum Gasteiger partial charge on any atom is -0.394 e. The van der Waals surface area contributed by atoms with Crippen molar-refractivity contribution in [2.45, 2.75) is 101 Å². The molecule has 0 bridgehead atoms. The predicted molar refractivity (Wildman–Crippen MR) is 195 cm³/mol. The lowest BCUT2D eigenvalue weighted by Gasteiger charge is -2.25. The van der Waals surface area contributed by atoms with Gasteiger partial charge in [-0.2, -0.15) is 10.5 Å². The molecule has 56 heavy (non-hydrogen) atoms. The van der Waals surface area contributed by atoms with E-state index in [0.29, 0.717) is 27.8 Å². The molecule has 4 aromatic rings. The number of alkyl halides is 2. The summed E-state index contributed by atoms with van der Waals surface area (Å²) in [5.41, 5.74) is 1.39. The largest absolute Gasteiger partial charge is 0.394 e. The van der Waals surface area contributed by atoms with E-state index in [9.17, 15) is 24.3 Å². The Balaban J connectivity index is 0.000000161. The fourth-order valence-corrected chi connectivity index (χ4v) is 8.90. The van der Waals surface area contributed by atoms with E-state index >= 15 is 0 Å². The van der Waals surface area contributed by atoms with Crippen molar-refractivity contribution < 1.29 is 47.4 Å². The number of hydrogen-bond donors (Lipinski definition) is 2. The third-order valence-electron chi connectivity index (χ3n) is 10.4. The van der Waals surface area contributed by atoms with Gasteiger partial charge in [0.25, 0.3) is 5.92 Å². The maximum atomic E-state index is 13.9. The van der Waals surface area contributed by atoms with Crippen molar-refractivity contribution in [2.24, 2.45) is 0 Å². The lowest BCUT2D eigenvalue weighted by molar-refractivity contribution is -0.199. The Labute approximate surface area is 333 Å². The fourth-order valence-electron chi connectivity index (χ4n) is 8.15. The highest BCUT2D eigenvalue weighted by molar-refractivity contribution is 6.39. The van der Waals surface area contributed by atoms with Gasteiger partial charge in [-0.1, -0.05) is 34.8 Å². The molecule has 8 atom stereocenters. The van der Waals surface area contributed by atoms with Crippen LogP contribution in [0.1, 0.15) is 57.7 Å². The third kappa shape index (κ3) is 6.57. The summed E-state index contributed by atoms with van der Waals surface area (Å²) in [5.74, 6) is -4.46. The van der Waals surface area contributed by atoms with Crippen LogP contribution in [-0.2, 0) is 28.4 Å². The van der Waals surface area contributed by atoms with Crippen LogP contribution >= 0.6 is 34.8 Å². The Bertz CT molecular complexity index is 2290. The molecule has 0 saturated carbocycles. The zero-order chi connectivity index (χ0) is 40.1. The topological polar surface area (TPSA) is 182 Å². The molecule has 0 amide bonds. The first-order valence-electron chi connectivity index (χ1n) is 17.7. The van der Waals surface area contributed by atoms with E-state index < -0.39 is 73.1 Å². The molecule has 5 aliphatic rings. The number of anilines is 1. The summed E-state index contributed by atoms with van der Waals surface area (Å²) < 4.78 is 67.0. The number of pyridine rings is 2. The first kappa shape index (κ1) is 39.4. The summed E-state index contributed by atoms with van der Waals surface area (Å²) in [7, 11) is 0. The minimum absolute atomic E-state index is 0.0251. The molecule has 5 saturated heterocycles. The summed E-state index contributed by atoms with van der Waals surface area (Å²) in [6, 6.07) is 7.41. The van der Waals surface area contributed by atoms with Crippen LogP contribution < -0.4 is 4.90 Å². The summed E-state index contributed by atoms with van der Waals surface area (Å²) in [4.78, 5) is 10.1. The normalized spacial score (nSPS) is 31.0. The van der Waals surface area contributed by atoms with Gasteiger partial charge in [-0.05, 0) is 39.8 Å². The first-order chi connectivity index (χ1) is 26.5. The molecule has 20 heteroatoms. The highest BCUT2D eigenvalue weighted by Crippen LogP contribution is 2.47. The smallest absolute Gasteiger partial charge is 0.266 e. The van der Waals surface area contributed by atoms with Crippen LogP contribution in [0.5, 0.6) is 0 Å². The second-order valence-electron chi connectivity index (χ2n) is 15.0. The Hall–Kier alpha value is -3.43. The number of hydrogen-bond acceptors (Lipinski definition) is 13. The van der Waals surface area contributed by atoms with E-state index in [1.54, 1.807) is 47.5 Å². The highest BCUT2D eigenvalue weighted by Gasteiger charge is 2.57. The van der Waals surface area contributed by atoms with Crippen molar-refractivity contribution in [1.29, 1.82) is 10.5 Å². The lowest BCUT2D eigenvalue weighted by atomic mass is 10.1. The number of nitriles is 2. The number of fused-ring (bicyclic) bond motifs is 4. The van der Waals surface area contributed by atoms with E-state index in [1.807, 2.05) is 26.0 Å². The number of aliphatic hydroxyl groups excluding tert-OH is 2. The molecule has 0 aromatic carbocycles. The van der Waals surface area contributed by atoms with Crippen LogP contribution in [0.4, 0.5) is 14.5 Å². The molecular weight excluding hydrogens is 803 g/mol. The molecule has 4 aromatic heterocycles. The van der Waals surface area contributed by atoms with E-state index in [0.717, 1.165) is 0 Å². The van der Waals surface area contributed by atoms with Gasteiger partial charge >= 0.3 is 0 Å². The zero-order valence-corrected chi connectivity index (χ0v) is 32.6. The Morgan fingerprint density at radius 2 is 1.23 bits per heavy atom. The van der Waals surface area contributed by atoms with Gasteiger partial charge in [-0.25, -0.2) is 18.7 Å². The molecule has 9 heterocycles. The second-order valence-corrected chi connectivity index (χ2v) is 16.1. The van der Waals surface area contributed by atoms with Gasteiger partial charge in [0, 0.05) is 36.1 Å². The van der Waals surface area contributed by atoms with Gasteiger partial charge in [0.15, 0.2) is 34.3 Å². The third-order valence-corrected chi connectivity index (χ3v) is 11.4.